The van der Waals surface area contributed by atoms with E-state index in [0.29, 0.717) is 39.7 Å². The molecule has 38 heavy (non-hydrogen) atoms. The van der Waals surface area contributed by atoms with Gasteiger partial charge in [0, 0.05) is 33.0 Å². The summed E-state index contributed by atoms with van der Waals surface area (Å²) in [5.41, 5.74) is 5.16. The van der Waals surface area contributed by atoms with Gasteiger partial charge >= 0.3 is 0 Å². The zero-order valence-corrected chi connectivity index (χ0v) is 20.4. The zero-order valence-electron chi connectivity index (χ0n) is 20.4. The molecule has 2 heterocycles. The molecule has 0 fully saturated rings. The van der Waals surface area contributed by atoms with Crippen LogP contribution in [-0.2, 0) is 0 Å². The summed E-state index contributed by atoms with van der Waals surface area (Å²) in [7, 11) is 0. The van der Waals surface area contributed by atoms with Crippen molar-refractivity contribution in [2.45, 2.75) is 12.8 Å². The molecule has 0 aliphatic heterocycles. The van der Waals surface area contributed by atoms with Gasteiger partial charge in [0.05, 0.1) is 0 Å². The summed E-state index contributed by atoms with van der Waals surface area (Å²) in [4.78, 5) is 14.3. The molecule has 0 saturated carbocycles. The minimum atomic E-state index is -0.363. The number of fused-ring (bicyclic) bond motifs is 3. The first-order valence-electron chi connectivity index (χ1n) is 12.6. The van der Waals surface area contributed by atoms with E-state index >= 15 is 4.39 Å². The Morgan fingerprint density at radius 2 is 1.42 bits per heavy atom. The minimum absolute atomic E-state index is 0.363. The highest BCUT2D eigenvalue weighted by Crippen LogP contribution is 2.37. The predicted octanol–water partition coefficient (Wildman–Crippen LogP) is 8.64. The Kier molecular flexibility index (Phi) is 5.40. The van der Waals surface area contributed by atoms with Crippen LogP contribution in [0.25, 0.3) is 61.4 Å². The van der Waals surface area contributed by atoms with Gasteiger partial charge in [-0.3, -0.25) is 0 Å². The first kappa shape index (κ1) is 22.3. The van der Waals surface area contributed by atoms with Crippen LogP contribution in [0.3, 0.4) is 0 Å². The number of furan rings is 1. The highest BCUT2D eigenvalue weighted by molar-refractivity contribution is 6.09. The van der Waals surface area contributed by atoms with Crippen molar-refractivity contribution in [2.75, 3.05) is 0 Å². The molecule has 1 aliphatic carbocycles. The van der Waals surface area contributed by atoms with Crippen molar-refractivity contribution in [2.24, 2.45) is 0 Å². The molecule has 4 nitrogen and oxygen atoms in total. The topological polar surface area (TPSA) is 51.8 Å². The van der Waals surface area contributed by atoms with Gasteiger partial charge in [-0.05, 0) is 30.5 Å². The summed E-state index contributed by atoms with van der Waals surface area (Å²) in [5, 5.41) is 1.98. The van der Waals surface area contributed by atoms with Gasteiger partial charge in [0.25, 0.3) is 0 Å². The van der Waals surface area contributed by atoms with Crippen molar-refractivity contribution in [3.8, 4) is 33.9 Å². The maximum atomic E-state index is 15.8. The van der Waals surface area contributed by atoms with Gasteiger partial charge in [0.15, 0.2) is 17.5 Å². The van der Waals surface area contributed by atoms with Crippen LogP contribution in [0.5, 0.6) is 0 Å². The van der Waals surface area contributed by atoms with Crippen molar-refractivity contribution >= 4 is 27.5 Å². The average molecular weight is 496 g/mol. The van der Waals surface area contributed by atoms with Gasteiger partial charge in [-0.25, -0.2) is 19.3 Å². The molecule has 0 bridgehead atoms. The third-order valence-electron chi connectivity index (χ3n) is 6.89. The van der Waals surface area contributed by atoms with E-state index in [1.165, 1.54) is 6.07 Å². The number of nitrogens with zero attached hydrogens (tertiary/aromatic N) is 3. The quantitative estimate of drug-likeness (QED) is 0.246. The third kappa shape index (κ3) is 3.89. The van der Waals surface area contributed by atoms with E-state index in [1.54, 1.807) is 6.07 Å². The lowest BCUT2D eigenvalue weighted by Gasteiger charge is -2.12. The molecule has 182 valence electrons. The fraction of sp³-hybridized carbons (Fsp3) is 0.0606. The molecule has 2 aromatic heterocycles. The summed E-state index contributed by atoms with van der Waals surface area (Å²) >= 11 is 0. The molecule has 1 aliphatic rings. The van der Waals surface area contributed by atoms with Gasteiger partial charge in [-0.1, -0.05) is 97.1 Å². The van der Waals surface area contributed by atoms with Crippen LogP contribution in [0.2, 0.25) is 0 Å². The van der Waals surface area contributed by atoms with Crippen LogP contribution >= 0.6 is 0 Å². The van der Waals surface area contributed by atoms with Crippen molar-refractivity contribution in [3.63, 3.8) is 0 Å². The number of rotatable bonds is 4. The predicted molar refractivity (Wildman–Crippen MR) is 150 cm³/mol. The molecule has 7 rings (SSSR count). The van der Waals surface area contributed by atoms with Crippen LogP contribution in [0, 0.1) is 5.82 Å². The summed E-state index contributed by atoms with van der Waals surface area (Å²) in [6, 6.07) is 28.6. The van der Waals surface area contributed by atoms with Crippen molar-refractivity contribution in [1.29, 1.82) is 0 Å². The lowest BCUT2D eigenvalue weighted by molar-refractivity contribution is 0.630. The number of hydrogen-bond donors (Lipinski definition) is 0. The van der Waals surface area contributed by atoms with Gasteiger partial charge in [-0.2, -0.15) is 0 Å². The summed E-state index contributed by atoms with van der Waals surface area (Å²) < 4.78 is 21.9. The Labute approximate surface area is 218 Å². The van der Waals surface area contributed by atoms with Gasteiger partial charge in [0.1, 0.15) is 17.0 Å². The van der Waals surface area contributed by atoms with Crippen LogP contribution < -0.4 is 0 Å². The monoisotopic (exact) mass is 495 g/mol. The van der Waals surface area contributed by atoms with Crippen LogP contribution in [0.1, 0.15) is 18.7 Å². The summed E-state index contributed by atoms with van der Waals surface area (Å²) in [6.45, 7) is 0. The average Bonchev–Trinajstić information content (AvgIpc) is 3.37. The Morgan fingerprint density at radius 3 is 2.24 bits per heavy atom. The second-order valence-corrected chi connectivity index (χ2v) is 9.31. The molecule has 4 aromatic carbocycles. The second-order valence-electron chi connectivity index (χ2n) is 9.31. The standard InChI is InChI=1S/C33H22FN3O/c34-28-20-23(18-19-24(28)26-15-9-16-27-25-14-7-8-17-29(25)38-30(26)27)33-36-31(21-10-3-1-4-11-21)35-32(37-33)22-12-5-2-6-13-22/h1-5,7-12,14-20H,6,13H2. The molecular weight excluding hydrogens is 473 g/mol. The highest BCUT2D eigenvalue weighted by atomic mass is 19.1. The van der Waals surface area contributed by atoms with Crippen LogP contribution in [-0.4, -0.2) is 15.0 Å². The third-order valence-corrected chi connectivity index (χ3v) is 6.89. The molecule has 0 saturated heterocycles. The van der Waals surface area contributed by atoms with Crippen LogP contribution in [0.15, 0.2) is 114 Å². The lowest BCUT2D eigenvalue weighted by atomic mass is 10.00. The Bertz CT molecular complexity index is 1890. The van der Waals surface area contributed by atoms with E-state index in [1.807, 2.05) is 91.0 Å². The summed E-state index contributed by atoms with van der Waals surface area (Å²) in [6.07, 6.45) is 7.97. The number of para-hydroxylation sites is 2. The minimum Gasteiger partial charge on any atom is -0.455 e. The first-order chi connectivity index (χ1) is 18.7. The smallest absolute Gasteiger partial charge is 0.164 e. The first-order valence-corrected chi connectivity index (χ1v) is 12.6. The molecule has 0 unspecified atom stereocenters. The molecular formula is C33H22FN3O. The summed E-state index contributed by atoms with van der Waals surface area (Å²) in [5.74, 6) is 1.27. The maximum Gasteiger partial charge on any atom is 0.164 e. The van der Waals surface area contributed by atoms with E-state index < -0.39 is 0 Å². The van der Waals surface area contributed by atoms with Crippen molar-refractivity contribution in [3.05, 3.63) is 121 Å². The zero-order chi connectivity index (χ0) is 25.5. The normalized spacial score (nSPS) is 13.2. The van der Waals surface area contributed by atoms with Gasteiger partial charge < -0.3 is 4.42 Å². The van der Waals surface area contributed by atoms with E-state index in [0.717, 1.165) is 40.3 Å². The second kappa shape index (κ2) is 9.20. The van der Waals surface area contributed by atoms with Gasteiger partial charge in [0.2, 0.25) is 0 Å². The molecule has 0 atom stereocenters. The van der Waals surface area contributed by atoms with E-state index in [2.05, 4.69) is 6.08 Å². The van der Waals surface area contributed by atoms with E-state index in [9.17, 15) is 0 Å². The maximum absolute atomic E-state index is 15.8. The fourth-order valence-corrected chi connectivity index (χ4v) is 4.99. The number of hydrogen-bond acceptors (Lipinski definition) is 4. The molecule has 0 N–H and O–H groups in total. The van der Waals surface area contributed by atoms with Crippen molar-refractivity contribution in [1.82, 2.24) is 15.0 Å². The molecule has 5 heteroatoms. The van der Waals surface area contributed by atoms with E-state index in [-0.39, 0.29) is 5.82 Å². The Balaban J connectivity index is 1.35. The largest absolute Gasteiger partial charge is 0.455 e. The number of allylic oxidation sites excluding steroid dienone is 4. The number of halogens is 1. The molecule has 6 aromatic rings. The number of aromatic nitrogens is 3. The van der Waals surface area contributed by atoms with Gasteiger partial charge in [-0.15, -0.1) is 0 Å². The van der Waals surface area contributed by atoms with Crippen molar-refractivity contribution < 1.29 is 8.81 Å². The Morgan fingerprint density at radius 1 is 0.658 bits per heavy atom. The molecule has 0 spiro atoms. The fourth-order valence-electron chi connectivity index (χ4n) is 4.99. The highest BCUT2D eigenvalue weighted by Gasteiger charge is 2.18. The molecule has 0 amide bonds. The molecule has 0 radical (unpaired) electrons. The lowest BCUT2D eigenvalue weighted by Crippen LogP contribution is -2.04. The van der Waals surface area contributed by atoms with Crippen LogP contribution in [0.4, 0.5) is 4.39 Å². The number of benzene rings is 4. The van der Waals surface area contributed by atoms with E-state index in [4.69, 9.17) is 19.4 Å². The Hall–Kier alpha value is -4.90. The SMILES string of the molecule is Fc1cc(-c2nc(C3=CC=CCC3)nc(-c3ccccc3)n2)ccc1-c1cccc2c1oc1ccccc12.